The van der Waals surface area contributed by atoms with E-state index in [9.17, 15) is 8.42 Å². The van der Waals surface area contributed by atoms with Gasteiger partial charge in [-0.1, -0.05) is 12.1 Å². The first kappa shape index (κ1) is 15.2. The third-order valence-corrected chi connectivity index (χ3v) is 6.73. The average Bonchev–Trinajstić information content (AvgIpc) is 3.09. The summed E-state index contributed by atoms with van der Waals surface area (Å²) in [5.74, 6) is 0.384. The molecule has 0 aliphatic heterocycles. The molecule has 2 rings (SSSR count). The summed E-state index contributed by atoms with van der Waals surface area (Å²) < 4.78 is 32.2. The van der Waals surface area contributed by atoms with Crippen molar-refractivity contribution < 1.29 is 13.2 Å². The van der Waals surface area contributed by atoms with Gasteiger partial charge in [-0.15, -0.1) is 29.3 Å². The highest BCUT2D eigenvalue weighted by Crippen LogP contribution is 2.32. The van der Waals surface area contributed by atoms with Crippen LogP contribution in [0.3, 0.4) is 0 Å². The van der Waals surface area contributed by atoms with Crippen LogP contribution in [0.25, 0.3) is 0 Å². The number of sulfonamides is 1. The Morgan fingerprint density at radius 1 is 1.35 bits per heavy atom. The molecule has 0 aliphatic carbocycles. The standard InChI is InChI=1S/C13H15NO3S3/c1-3-7-14(10-11-5-4-8-18-11)20(15,16)13-12(17-2)6-9-19-13/h3-6,8-9H,1,7,10H2,2H3. The maximum absolute atomic E-state index is 12.7. The predicted octanol–water partition coefficient (Wildman–Crippen LogP) is 3.20. The summed E-state index contributed by atoms with van der Waals surface area (Å²) in [4.78, 5) is 0.992. The van der Waals surface area contributed by atoms with E-state index in [-0.39, 0.29) is 10.8 Å². The van der Waals surface area contributed by atoms with Crippen molar-refractivity contribution in [2.75, 3.05) is 13.7 Å². The minimum atomic E-state index is -3.58. The summed E-state index contributed by atoms with van der Waals surface area (Å²) in [5.41, 5.74) is 0. The van der Waals surface area contributed by atoms with Crippen LogP contribution in [0.5, 0.6) is 5.75 Å². The molecule has 2 heterocycles. The van der Waals surface area contributed by atoms with Gasteiger partial charge in [-0.25, -0.2) is 8.42 Å². The highest BCUT2D eigenvalue weighted by molar-refractivity contribution is 7.91. The molecule has 0 bridgehead atoms. The first-order valence-corrected chi connectivity index (χ1v) is 9.04. The number of hydrogen-bond acceptors (Lipinski definition) is 5. The van der Waals surface area contributed by atoms with Crippen molar-refractivity contribution in [3.8, 4) is 5.75 Å². The van der Waals surface area contributed by atoms with Crippen LogP contribution in [0.2, 0.25) is 0 Å². The van der Waals surface area contributed by atoms with Crippen molar-refractivity contribution in [1.29, 1.82) is 0 Å². The van der Waals surface area contributed by atoms with Gasteiger partial charge in [-0.05, 0) is 22.9 Å². The van der Waals surface area contributed by atoms with E-state index < -0.39 is 10.0 Å². The molecule has 20 heavy (non-hydrogen) atoms. The topological polar surface area (TPSA) is 46.6 Å². The van der Waals surface area contributed by atoms with Gasteiger partial charge in [0.15, 0.2) is 4.21 Å². The van der Waals surface area contributed by atoms with Crippen molar-refractivity contribution in [3.63, 3.8) is 0 Å². The SMILES string of the molecule is C=CCN(Cc1cccs1)S(=O)(=O)c1sccc1OC. The lowest BCUT2D eigenvalue weighted by Crippen LogP contribution is -2.30. The second kappa shape index (κ2) is 6.53. The summed E-state index contributed by atoms with van der Waals surface area (Å²) in [6.45, 7) is 4.24. The highest BCUT2D eigenvalue weighted by atomic mass is 32.2. The van der Waals surface area contributed by atoms with Crippen LogP contribution < -0.4 is 4.74 Å². The monoisotopic (exact) mass is 329 g/mol. The van der Waals surface area contributed by atoms with Crippen molar-refractivity contribution in [3.05, 3.63) is 46.5 Å². The molecular formula is C13H15NO3S3. The normalized spacial score (nSPS) is 11.7. The van der Waals surface area contributed by atoms with Crippen molar-refractivity contribution in [2.45, 2.75) is 10.8 Å². The zero-order chi connectivity index (χ0) is 14.6. The van der Waals surface area contributed by atoms with Crippen molar-refractivity contribution in [2.24, 2.45) is 0 Å². The molecule has 0 amide bonds. The Hall–Kier alpha value is -1.15. The van der Waals surface area contributed by atoms with E-state index in [1.807, 2.05) is 17.5 Å². The Kier molecular flexibility index (Phi) is 4.98. The molecule has 2 aromatic rings. The van der Waals surface area contributed by atoms with Crippen molar-refractivity contribution >= 4 is 32.7 Å². The number of hydrogen-bond donors (Lipinski definition) is 0. The largest absolute Gasteiger partial charge is 0.494 e. The molecule has 108 valence electrons. The molecule has 7 heteroatoms. The molecule has 0 radical (unpaired) electrons. The average molecular weight is 329 g/mol. The highest BCUT2D eigenvalue weighted by Gasteiger charge is 2.28. The van der Waals surface area contributed by atoms with Crippen LogP contribution in [-0.4, -0.2) is 26.4 Å². The maximum Gasteiger partial charge on any atom is 0.256 e. The van der Waals surface area contributed by atoms with Gasteiger partial charge in [-0.2, -0.15) is 4.31 Å². The lowest BCUT2D eigenvalue weighted by molar-refractivity contribution is 0.399. The van der Waals surface area contributed by atoms with E-state index in [2.05, 4.69) is 6.58 Å². The second-order valence-corrected chi connectivity index (χ2v) is 8.02. The molecule has 0 spiro atoms. The quantitative estimate of drug-likeness (QED) is 0.733. The summed E-state index contributed by atoms with van der Waals surface area (Å²) in [7, 11) is -2.11. The molecule has 0 atom stereocenters. The number of methoxy groups -OCH3 is 1. The summed E-state index contributed by atoms with van der Waals surface area (Å²) in [6.07, 6.45) is 1.59. The van der Waals surface area contributed by atoms with Crippen LogP contribution in [0, 0.1) is 0 Å². The Bertz CT molecular complexity index is 659. The predicted molar refractivity (Wildman–Crippen MR) is 83.0 cm³/mol. The van der Waals surface area contributed by atoms with Gasteiger partial charge < -0.3 is 4.74 Å². The zero-order valence-corrected chi connectivity index (χ0v) is 13.4. The van der Waals surface area contributed by atoms with Gasteiger partial charge in [-0.3, -0.25) is 0 Å². The fourth-order valence-electron chi connectivity index (χ4n) is 1.71. The molecule has 0 saturated carbocycles. The van der Waals surface area contributed by atoms with Crippen LogP contribution >= 0.6 is 22.7 Å². The maximum atomic E-state index is 12.7. The van der Waals surface area contributed by atoms with E-state index in [4.69, 9.17) is 4.74 Å². The van der Waals surface area contributed by atoms with E-state index in [0.29, 0.717) is 12.3 Å². The first-order chi connectivity index (χ1) is 9.59. The van der Waals surface area contributed by atoms with Crippen LogP contribution in [-0.2, 0) is 16.6 Å². The summed E-state index contributed by atoms with van der Waals surface area (Å²) in [5, 5.41) is 3.64. The van der Waals surface area contributed by atoms with E-state index in [0.717, 1.165) is 16.2 Å². The number of rotatable bonds is 7. The molecular weight excluding hydrogens is 314 g/mol. The van der Waals surface area contributed by atoms with Gasteiger partial charge in [0.05, 0.1) is 7.11 Å². The Morgan fingerprint density at radius 2 is 2.15 bits per heavy atom. The Labute approximate surface area is 127 Å². The minimum Gasteiger partial charge on any atom is -0.494 e. The first-order valence-electron chi connectivity index (χ1n) is 5.84. The number of ether oxygens (including phenoxy) is 1. The van der Waals surface area contributed by atoms with E-state index in [1.165, 1.54) is 22.8 Å². The van der Waals surface area contributed by atoms with Crippen LogP contribution in [0.1, 0.15) is 4.88 Å². The molecule has 0 aliphatic rings. The molecule has 0 aromatic carbocycles. The fourth-order valence-corrected chi connectivity index (χ4v) is 5.31. The van der Waals surface area contributed by atoms with Gasteiger partial charge in [0.2, 0.25) is 0 Å². The van der Waals surface area contributed by atoms with Gasteiger partial charge in [0.25, 0.3) is 10.0 Å². The molecule has 0 N–H and O–H groups in total. The van der Waals surface area contributed by atoms with E-state index in [1.54, 1.807) is 17.5 Å². The van der Waals surface area contributed by atoms with E-state index >= 15 is 0 Å². The third kappa shape index (κ3) is 3.12. The minimum absolute atomic E-state index is 0.235. The van der Waals surface area contributed by atoms with Crippen molar-refractivity contribution in [1.82, 2.24) is 4.31 Å². The Balaban J connectivity index is 2.34. The van der Waals surface area contributed by atoms with Gasteiger partial charge >= 0.3 is 0 Å². The van der Waals surface area contributed by atoms with Gasteiger partial charge in [0, 0.05) is 18.0 Å². The number of nitrogens with zero attached hydrogens (tertiary/aromatic N) is 1. The molecule has 0 unspecified atom stereocenters. The lowest BCUT2D eigenvalue weighted by atomic mass is 10.4. The third-order valence-electron chi connectivity index (χ3n) is 2.63. The second-order valence-electron chi connectivity index (χ2n) is 3.94. The number of thiophene rings is 2. The zero-order valence-electron chi connectivity index (χ0n) is 11.0. The lowest BCUT2D eigenvalue weighted by Gasteiger charge is -2.19. The summed E-state index contributed by atoms with van der Waals surface area (Å²) >= 11 is 2.69. The smallest absolute Gasteiger partial charge is 0.256 e. The summed E-state index contributed by atoms with van der Waals surface area (Å²) in [6, 6.07) is 5.49. The molecule has 4 nitrogen and oxygen atoms in total. The fraction of sp³-hybridized carbons (Fsp3) is 0.231. The van der Waals surface area contributed by atoms with Gasteiger partial charge in [0.1, 0.15) is 5.75 Å². The van der Waals surface area contributed by atoms with Crippen LogP contribution in [0.4, 0.5) is 0 Å². The Morgan fingerprint density at radius 3 is 2.75 bits per heavy atom. The molecule has 0 fully saturated rings. The molecule has 0 saturated heterocycles. The van der Waals surface area contributed by atoms with Crippen LogP contribution in [0.15, 0.2) is 45.8 Å². The molecule has 2 aromatic heterocycles.